The van der Waals surface area contributed by atoms with Crippen molar-refractivity contribution in [1.82, 2.24) is 0 Å². The Morgan fingerprint density at radius 3 is 1.53 bits per heavy atom. The average Bonchev–Trinajstić information content (AvgIpc) is 0.673. The third-order valence-electron chi connectivity index (χ3n) is 25.2. The van der Waals surface area contributed by atoms with Crippen LogP contribution in [0.4, 0.5) is 0 Å². The zero-order chi connectivity index (χ0) is 72.5. The quantitative estimate of drug-likeness (QED) is 0.0366. The fourth-order valence-electron chi connectivity index (χ4n) is 19.4. The molecule has 38 atom stereocenters. The average molecular weight is 1430 g/mol. The van der Waals surface area contributed by atoms with Crippen molar-refractivity contribution in [2.45, 2.75) is 297 Å². The van der Waals surface area contributed by atoms with Gasteiger partial charge in [-0.1, -0.05) is 60.1 Å². The van der Waals surface area contributed by atoms with Gasteiger partial charge in [-0.2, -0.15) is 0 Å². The number of ether oxygens (including phenoxy) is 12. The SMILES string of the molecule is CC1(C)CC[C@]2(C(=O)O[C@@H]3O[C@H](CO)[C@@H](O)[C@H](O)[C@H]3O)CC[C@]3(C)C(=CC[C@@H]4[C@@]5(C)C[C@H](O)[C@H](O[C@@H]6O[C@H](C(=O)O)[C@@H](O)[C@H](O[C@@H]7O[C@H](CO)[C@H](O[C@@H]8O[C@H](CO)[C@H](O)[C@H](O[C@@H]9O[C@H](CO)[C@H](O)[C@H](O[C@@H]%10OC[C@@H](O)[C@H](O)[C@H]%10O)[C@H]9O)[C@H]8O)[C@H](O)[C@H]7O)[C@H]6O)C(C)(C)[C@@H]5CC[C@]43C)[C@@H]2C1. The lowest BCUT2D eigenvalue weighted by atomic mass is 9.33. The monoisotopic (exact) mass is 1430 g/mol. The van der Waals surface area contributed by atoms with Crippen molar-refractivity contribution in [2.75, 3.05) is 33.0 Å². The Labute approximate surface area is 570 Å². The Kier molecular flexibility index (Phi) is 22.7. The number of carboxylic acid groups (broad SMARTS) is 1. The van der Waals surface area contributed by atoms with Crippen LogP contribution in [0.25, 0.3) is 0 Å². The largest absolute Gasteiger partial charge is 0.479 e. The van der Waals surface area contributed by atoms with E-state index < -0.39 is 262 Å². The topological polar surface area (TPSA) is 550 Å². The van der Waals surface area contributed by atoms with E-state index in [2.05, 4.69) is 40.7 Å². The molecule has 0 amide bonds. The second-order valence-electron chi connectivity index (χ2n) is 31.6. The molecule has 6 aliphatic heterocycles. The van der Waals surface area contributed by atoms with E-state index >= 15 is 0 Å². The normalized spacial score (nSPS) is 53.6. The van der Waals surface area contributed by atoms with Crippen molar-refractivity contribution in [3.05, 3.63) is 11.6 Å². The molecule has 568 valence electrons. The van der Waals surface area contributed by atoms with E-state index in [0.29, 0.717) is 51.4 Å². The molecule has 99 heavy (non-hydrogen) atoms. The van der Waals surface area contributed by atoms with Gasteiger partial charge < -0.3 is 159 Å². The highest BCUT2D eigenvalue weighted by atomic mass is 16.8. The van der Waals surface area contributed by atoms with E-state index in [4.69, 9.17) is 56.8 Å². The standard InChI is InChI=1S/C65H104O34/c1-60(2)12-14-65(59(87)99-55-40(79)37(76)34(73)27(18-66)89-55)15-13-63(6)23(24(65)16-60)8-9-32-62(5)17-25(70)51(61(3,4)31(62)10-11-64(32,63)7)98-58-45(84)49(42(81)50(97-58)52(85)86)96-54-41(80)38(77)46(30(21-69)92-54)93-56-44(83)48(36(75)29(20-68)90-56)95-57-43(82)47(35(74)28(19-67)91-57)94-53-39(78)33(72)26(71)22-88-53/h8,24-51,53-58,66-84H,9-22H2,1-7H3,(H,85,86)/t24-,25-,26+,27+,28+,29+,30+,31-,32+,33-,34+,35-,36-,37-,38+,39+,40+,41+,42-,43+,44+,45+,46-,47-,48-,49-,50-,51-,53-,54-,55-,56-,57-,58-,62-,63+,64+,65-/m0/s1. The summed E-state index contributed by atoms with van der Waals surface area (Å²) in [5, 5.41) is 219. The molecule has 11 aliphatic rings. The van der Waals surface area contributed by atoms with Crippen LogP contribution < -0.4 is 0 Å². The minimum absolute atomic E-state index is 0.0553. The highest BCUT2D eigenvalue weighted by Gasteiger charge is 2.72. The lowest BCUT2D eigenvalue weighted by Gasteiger charge is -2.71. The highest BCUT2D eigenvalue weighted by Crippen LogP contribution is 2.76. The predicted octanol–water partition coefficient (Wildman–Crippen LogP) is -6.68. The summed E-state index contributed by atoms with van der Waals surface area (Å²) in [6.45, 7) is 10.6. The zero-order valence-corrected chi connectivity index (χ0v) is 56.3. The van der Waals surface area contributed by atoms with E-state index in [-0.39, 0.29) is 29.6 Å². The van der Waals surface area contributed by atoms with Crippen molar-refractivity contribution < 1.29 is 169 Å². The summed E-state index contributed by atoms with van der Waals surface area (Å²) in [7, 11) is 0. The summed E-state index contributed by atoms with van der Waals surface area (Å²) >= 11 is 0. The third kappa shape index (κ3) is 13.3. The fraction of sp³-hybridized carbons (Fsp3) is 0.938. The maximum atomic E-state index is 14.8. The van der Waals surface area contributed by atoms with Crippen LogP contribution in [-0.4, -0.2) is 337 Å². The molecular formula is C65H104O34. The number of aliphatic hydroxyl groups excluding tert-OH is 19. The van der Waals surface area contributed by atoms with E-state index in [1.54, 1.807) is 0 Å². The molecule has 4 saturated carbocycles. The van der Waals surface area contributed by atoms with Gasteiger partial charge in [-0.05, 0) is 103 Å². The summed E-state index contributed by atoms with van der Waals surface area (Å²) in [5.41, 5.74) is -2.53. The van der Waals surface area contributed by atoms with Crippen LogP contribution in [0, 0.1) is 50.2 Å². The fourth-order valence-corrected chi connectivity index (χ4v) is 19.4. The van der Waals surface area contributed by atoms with Crippen LogP contribution in [-0.2, 0) is 66.4 Å². The molecule has 6 heterocycles. The number of hydrogen-bond donors (Lipinski definition) is 20. The van der Waals surface area contributed by atoms with Crippen molar-refractivity contribution in [1.29, 1.82) is 0 Å². The van der Waals surface area contributed by atoms with Gasteiger partial charge in [-0.3, -0.25) is 4.79 Å². The zero-order valence-electron chi connectivity index (χ0n) is 56.3. The number of aliphatic carboxylic acids is 1. The van der Waals surface area contributed by atoms with Crippen LogP contribution in [0.5, 0.6) is 0 Å². The maximum absolute atomic E-state index is 14.8. The van der Waals surface area contributed by atoms with Gasteiger partial charge in [0.15, 0.2) is 37.6 Å². The van der Waals surface area contributed by atoms with E-state index in [0.717, 1.165) is 5.57 Å². The van der Waals surface area contributed by atoms with Crippen LogP contribution >= 0.6 is 0 Å². The smallest absolute Gasteiger partial charge is 0.335 e. The molecule has 11 rings (SSSR count). The Morgan fingerprint density at radius 2 is 0.949 bits per heavy atom. The molecule has 0 aromatic carbocycles. The number of hydrogen-bond acceptors (Lipinski definition) is 33. The second kappa shape index (κ2) is 29.0. The summed E-state index contributed by atoms with van der Waals surface area (Å²) in [6, 6.07) is 0. The molecule has 10 fully saturated rings. The molecule has 0 spiro atoms. The summed E-state index contributed by atoms with van der Waals surface area (Å²) in [4.78, 5) is 27.7. The Morgan fingerprint density at radius 1 is 0.465 bits per heavy atom. The van der Waals surface area contributed by atoms with E-state index in [9.17, 15) is 112 Å². The van der Waals surface area contributed by atoms with Crippen molar-refractivity contribution in [3.63, 3.8) is 0 Å². The summed E-state index contributed by atoms with van der Waals surface area (Å²) in [5.74, 6) is -2.88. The number of rotatable bonds is 17. The number of carbonyl (C=O) groups excluding carboxylic acids is 1. The van der Waals surface area contributed by atoms with Crippen LogP contribution in [0.15, 0.2) is 11.6 Å². The number of fused-ring (bicyclic) bond motifs is 7. The van der Waals surface area contributed by atoms with E-state index in [1.807, 2.05) is 13.8 Å². The van der Waals surface area contributed by atoms with Gasteiger partial charge in [-0.25, -0.2) is 4.79 Å². The Bertz CT molecular complexity index is 2830. The molecule has 34 nitrogen and oxygen atoms in total. The Balaban J connectivity index is 0.770. The van der Waals surface area contributed by atoms with Crippen LogP contribution in [0.3, 0.4) is 0 Å². The lowest BCUT2D eigenvalue weighted by molar-refractivity contribution is -0.394. The number of allylic oxidation sites excluding steroid dienone is 2. The minimum atomic E-state index is -2.27. The molecule has 0 aromatic rings. The number of carboxylic acids is 1. The first-order valence-corrected chi connectivity index (χ1v) is 34.4. The number of esters is 1. The lowest BCUT2D eigenvalue weighted by Crippen LogP contribution is -2.69. The third-order valence-corrected chi connectivity index (χ3v) is 25.2. The first-order chi connectivity index (χ1) is 46.4. The van der Waals surface area contributed by atoms with Gasteiger partial charge in [0.05, 0.1) is 50.7 Å². The first-order valence-electron chi connectivity index (χ1n) is 34.4. The highest BCUT2D eigenvalue weighted by molar-refractivity contribution is 5.79. The first kappa shape index (κ1) is 77.6. The Hall–Kier alpha value is -2.52. The molecule has 6 saturated heterocycles. The molecule has 20 N–H and O–H groups in total. The van der Waals surface area contributed by atoms with Gasteiger partial charge in [0.2, 0.25) is 6.29 Å². The minimum Gasteiger partial charge on any atom is -0.479 e. The predicted molar refractivity (Wildman–Crippen MR) is 324 cm³/mol. The van der Waals surface area contributed by atoms with Crippen molar-refractivity contribution >= 4 is 11.9 Å². The van der Waals surface area contributed by atoms with Gasteiger partial charge in [0.1, 0.15) is 134 Å². The summed E-state index contributed by atoms with van der Waals surface area (Å²) < 4.78 is 69.6. The number of carbonyl (C=O) groups is 2. The van der Waals surface area contributed by atoms with E-state index in [1.165, 1.54) is 0 Å². The van der Waals surface area contributed by atoms with Gasteiger partial charge in [0, 0.05) is 0 Å². The molecule has 0 bridgehead atoms. The van der Waals surface area contributed by atoms with Crippen molar-refractivity contribution in [3.8, 4) is 0 Å². The van der Waals surface area contributed by atoms with Crippen molar-refractivity contribution in [2.24, 2.45) is 50.2 Å². The molecule has 0 radical (unpaired) electrons. The molecule has 34 heteroatoms. The maximum Gasteiger partial charge on any atom is 0.335 e. The van der Waals surface area contributed by atoms with Crippen LogP contribution in [0.1, 0.15) is 106 Å². The second-order valence-corrected chi connectivity index (χ2v) is 31.6. The van der Waals surface area contributed by atoms with Gasteiger partial charge in [-0.15, -0.1) is 0 Å². The number of aliphatic hydroxyl groups is 19. The van der Waals surface area contributed by atoms with Gasteiger partial charge in [0.25, 0.3) is 0 Å². The van der Waals surface area contributed by atoms with Crippen LogP contribution in [0.2, 0.25) is 0 Å². The van der Waals surface area contributed by atoms with Gasteiger partial charge >= 0.3 is 11.9 Å². The molecule has 5 aliphatic carbocycles. The summed E-state index contributed by atoms with van der Waals surface area (Å²) in [6.07, 6.45) is -50.9. The molecular weight excluding hydrogens is 1320 g/mol. The molecule has 0 aromatic heterocycles. The molecule has 0 unspecified atom stereocenters.